The molecule has 1 aromatic rings. The first-order valence-electron chi connectivity index (χ1n) is 8.16. The molecule has 7 heteroatoms. The van der Waals surface area contributed by atoms with Gasteiger partial charge in [0, 0.05) is 31.1 Å². The summed E-state index contributed by atoms with van der Waals surface area (Å²) in [6.07, 6.45) is 3.03. The Labute approximate surface area is 148 Å². The highest BCUT2D eigenvalue weighted by molar-refractivity contribution is 5.98. The fraction of sp³-hybridized carbons (Fsp3) is 0.529. The maximum Gasteiger partial charge on any atom is 0.227 e. The van der Waals surface area contributed by atoms with Crippen molar-refractivity contribution in [2.45, 2.75) is 25.7 Å². The van der Waals surface area contributed by atoms with E-state index >= 15 is 0 Å². The number of nitrogens with zero attached hydrogens (tertiary/aromatic N) is 1. The molecule has 1 aromatic carbocycles. The van der Waals surface area contributed by atoms with Crippen molar-refractivity contribution in [3.63, 3.8) is 0 Å². The Bertz CT molecular complexity index is 603. The van der Waals surface area contributed by atoms with E-state index in [0.717, 1.165) is 38.2 Å². The lowest BCUT2D eigenvalue weighted by atomic mass is 10.0. The maximum absolute atomic E-state index is 12.1. The molecule has 2 heterocycles. The topological polar surface area (TPSA) is 70.7 Å². The van der Waals surface area contributed by atoms with Crippen LogP contribution in [-0.4, -0.2) is 38.6 Å². The first-order chi connectivity index (χ1) is 11.2. The zero-order chi connectivity index (χ0) is 16.2. The second-order valence-electron chi connectivity index (χ2n) is 6.15. The van der Waals surface area contributed by atoms with Crippen LogP contribution in [-0.2, 0) is 9.59 Å². The fourth-order valence-electron chi connectivity index (χ4n) is 3.24. The van der Waals surface area contributed by atoms with Crippen molar-refractivity contribution in [1.29, 1.82) is 0 Å². The van der Waals surface area contributed by atoms with Crippen LogP contribution in [0.2, 0.25) is 0 Å². The van der Waals surface area contributed by atoms with E-state index in [1.807, 2.05) is 12.1 Å². The van der Waals surface area contributed by atoms with Crippen molar-refractivity contribution in [2.75, 3.05) is 37.0 Å². The quantitative estimate of drug-likeness (QED) is 0.851. The molecule has 3 rings (SSSR count). The van der Waals surface area contributed by atoms with Crippen LogP contribution in [0.25, 0.3) is 0 Å². The number of benzene rings is 1. The summed E-state index contributed by atoms with van der Waals surface area (Å²) in [6.45, 7) is 2.62. The van der Waals surface area contributed by atoms with Gasteiger partial charge in [0.1, 0.15) is 5.75 Å². The van der Waals surface area contributed by atoms with Crippen molar-refractivity contribution < 1.29 is 14.3 Å². The number of rotatable bonds is 5. The molecule has 0 saturated carbocycles. The van der Waals surface area contributed by atoms with Crippen LogP contribution in [0.3, 0.4) is 0 Å². The third kappa shape index (κ3) is 4.19. The molecule has 0 radical (unpaired) electrons. The van der Waals surface area contributed by atoms with Gasteiger partial charge in [0.25, 0.3) is 0 Å². The summed E-state index contributed by atoms with van der Waals surface area (Å²) in [5, 5.41) is 6.19. The Morgan fingerprint density at radius 2 is 2.29 bits per heavy atom. The van der Waals surface area contributed by atoms with E-state index < -0.39 is 0 Å². The molecule has 2 amide bonds. The summed E-state index contributed by atoms with van der Waals surface area (Å²) in [6, 6.07) is 5.45. The lowest BCUT2D eigenvalue weighted by Crippen LogP contribution is -2.24. The SMILES string of the molecule is COc1cc(NC(=O)CC2CCNC2)ccc1N1CCCC1=O.Cl. The average Bonchev–Trinajstić information content (AvgIpc) is 3.19. The summed E-state index contributed by atoms with van der Waals surface area (Å²) in [5.41, 5.74) is 1.47. The minimum atomic E-state index is 0. The lowest BCUT2D eigenvalue weighted by molar-refractivity contribution is -0.117. The Morgan fingerprint density at radius 1 is 1.46 bits per heavy atom. The molecule has 1 unspecified atom stereocenters. The molecule has 2 aliphatic rings. The van der Waals surface area contributed by atoms with Gasteiger partial charge in [-0.25, -0.2) is 0 Å². The van der Waals surface area contributed by atoms with Gasteiger partial charge >= 0.3 is 0 Å². The standard InChI is InChI=1S/C17H23N3O3.ClH/c1-23-15-10-13(19-16(21)9-12-6-7-18-11-12)4-5-14(15)20-8-2-3-17(20)22;/h4-5,10,12,18H,2-3,6-9,11H2,1H3,(H,19,21);1H. The molecule has 6 nitrogen and oxygen atoms in total. The Morgan fingerprint density at radius 3 is 2.92 bits per heavy atom. The summed E-state index contributed by atoms with van der Waals surface area (Å²) >= 11 is 0. The molecule has 0 aromatic heterocycles. The number of carbonyl (C=O) groups is 2. The predicted molar refractivity (Wildman–Crippen MR) is 96.1 cm³/mol. The van der Waals surface area contributed by atoms with Crippen LogP contribution in [0.1, 0.15) is 25.7 Å². The molecule has 2 saturated heterocycles. The number of amides is 2. The highest BCUT2D eigenvalue weighted by Gasteiger charge is 2.25. The van der Waals surface area contributed by atoms with Crippen LogP contribution in [0, 0.1) is 5.92 Å². The average molecular weight is 354 g/mol. The number of carbonyl (C=O) groups excluding carboxylic acids is 2. The molecular weight excluding hydrogens is 330 g/mol. The highest BCUT2D eigenvalue weighted by Crippen LogP contribution is 2.33. The van der Waals surface area contributed by atoms with Gasteiger partial charge in [-0.3, -0.25) is 9.59 Å². The minimum Gasteiger partial charge on any atom is -0.494 e. The van der Waals surface area contributed by atoms with Crippen molar-refractivity contribution in [3.8, 4) is 5.75 Å². The van der Waals surface area contributed by atoms with Gasteiger partial charge in [-0.2, -0.15) is 0 Å². The number of methoxy groups -OCH3 is 1. The molecule has 132 valence electrons. The number of ether oxygens (including phenoxy) is 1. The molecule has 0 aliphatic carbocycles. The molecule has 1 atom stereocenters. The van der Waals surface area contributed by atoms with Crippen molar-refractivity contribution in [3.05, 3.63) is 18.2 Å². The number of anilines is 2. The zero-order valence-corrected chi connectivity index (χ0v) is 14.7. The fourth-order valence-corrected chi connectivity index (χ4v) is 3.24. The van der Waals surface area contributed by atoms with Crippen molar-refractivity contribution in [2.24, 2.45) is 5.92 Å². The predicted octanol–water partition coefficient (Wildman–Crippen LogP) is 2.18. The molecule has 2 fully saturated rings. The second-order valence-corrected chi connectivity index (χ2v) is 6.15. The monoisotopic (exact) mass is 353 g/mol. The van der Waals surface area contributed by atoms with Crippen LogP contribution in [0.4, 0.5) is 11.4 Å². The molecule has 2 N–H and O–H groups in total. The van der Waals surface area contributed by atoms with Crippen molar-refractivity contribution >= 4 is 35.6 Å². The van der Waals surface area contributed by atoms with E-state index in [0.29, 0.717) is 30.2 Å². The molecule has 2 aliphatic heterocycles. The van der Waals surface area contributed by atoms with Gasteiger partial charge in [0.2, 0.25) is 11.8 Å². The lowest BCUT2D eigenvalue weighted by Gasteiger charge is -2.20. The van der Waals surface area contributed by atoms with Gasteiger partial charge in [0.05, 0.1) is 12.8 Å². The van der Waals surface area contributed by atoms with Crippen LogP contribution in [0.5, 0.6) is 5.75 Å². The smallest absolute Gasteiger partial charge is 0.227 e. The molecular formula is C17H24ClN3O3. The van der Waals surface area contributed by atoms with Gasteiger partial charge < -0.3 is 20.3 Å². The van der Waals surface area contributed by atoms with Crippen molar-refractivity contribution in [1.82, 2.24) is 5.32 Å². The van der Waals surface area contributed by atoms with E-state index in [2.05, 4.69) is 10.6 Å². The highest BCUT2D eigenvalue weighted by atomic mass is 35.5. The largest absolute Gasteiger partial charge is 0.494 e. The van der Waals surface area contributed by atoms with E-state index in [1.54, 1.807) is 18.1 Å². The number of hydrogen-bond acceptors (Lipinski definition) is 4. The Hall–Kier alpha value is -1.79. The summed E-state index contributed by atoms with van der Waals surface area (Å²) in [7, 11) is 1.58. The van der Waals surface area contributed by atoms with Gasteiger partial charge in [-0.1, -0.05) is 0 Å². The van der Waals surface area contributed by atoms with Crippen LogP contribution in [0.15, 0.2) is 18.2 Å². The number of hydrogen-bond donors (Lipinski definition) is 2. The number of nitrogens with one attached hydrogen (secondary N) is 2. The first-order valence-corrected chi connectivity index (χ1v) is 8.16. The zero-order valence-electron chi connectivity index (χ0n) is 13.8. The molecule has 24 heavy (non-hydrogen) atoms. The first kappa shape index (κ1) is 18.5. The Kier molecular flexibility index (Phi) is 6.45. The summed E-state index contributed by atoms with van der Waals surface area (Å²) in [4.78, 5) is 25.8. The maximum atomic E-state index is 12.1. The van der Waals surface area contributed by atoms with Crippen LogP contribution < -0.4 is 20.3 Å². The molecule has 0 spiro atoms. The Balaban J connectivity index is 0.00000208. The summed E-state index contributed by atoms with van der Waals surface area (Å²) in [5.74, 6) is 1.17. The normalized spacial score (nSPS) is 20.0. The van der Waals surface area contributed by atoms with Crippen LogP contribution >= 0.6 is 12.4 Å². The van der Waals surface area contributed by atoms with E-state index in [1.165, 1.54) is 0 Å². The molecule has 0 bridgehead atoms. The summed E-state index contributed by atoms with van der Waals surface area (Å²) < 4.78 is 5.41. The third-order valence-corrected chi connectivity index (χ3v) is 4.46. The van der Waals surface area contributed by atoms with E-state index in [4.69, 9.17) is 4.74 Å². The minimum absolute atomic E-state index is 0. The van der Waals surface area contributed by atoms with Gasteiger partial charge in [0.15, 0.2) is 0 Å². The third-order valence-electron chi connectivity index (χ3n) is 4.46. The van der Waals surface area contributed by atoms with Gasteiger partial charge in [-0.15, -0.1) is 12.4 Å². The second kappa shape index (κ2) is 8.35. The van der Waals surface area contributed by atoms with Gasteiger partial charge in [-0.05, 0) is 44.0 Å². The van der Waals surface area contributed by atoms with E-state index in [-0.39, 0.29) is 24.2 Å². The van der Waals surface area contributed by atoms with E-state index in [9.17, 15) is 9.59 Å². The number of halogens is 1.